The number of rotatable bonds is 7. The first-order chi connectivity index (χ1) is 16.2. The molecule has 0 radical (unpaired) electrons. The van der Waals surface area contributed by atoms with Crippen molar-refractivity contribution in [2.75, 3.05) is 19.7 Å². The van der Waals surface area contributed by atoms with Crippen molar-refractivity contribution in [2.24, 2.45) is 11.3 Å². The summed E-state index contributed by atoms with van der Waals surface area (Å²) in [5.41, 5.74) is 3.70. The molecule has 1 heterocycles. The lowest BCUT2D eigenvalue weighted by atomic mass is 9.76. The van der Waals surface area contributed by atoms with Crippen LogP contribution in [0, 0.1) is 11.3 Å². The zero-order valence-corrected chi connectivity index (χ0v) is 19.9. The van der Waals surface area contributed by atoms with Crippen molar-refractivity contribution in [3.05, 3.63) is 59.7 Å². The van der Waals surface area contributed by atoms with Gasteiger partial charge in [-0.1, -0.05) is 62.4 Å². The fraction of sp³-hybridized carbons (Fsp3) is 0.444. The van der Waals surface area contributed by atoms with Gasteiger partial charge in [-0.25, -0.2) is 4.79 Å². The van der Waals surface area contributed by atoms with Crippen LogP contribution in [0.1, 0.15) is 50.7 Å². The Balaban J connectivity index is 1.31. The molecular formula is C27H32N2O5. The molecule has 34 heavy (non-hydrogen) atoms. The molecule has 0 spiro atoms. The van der Waals surface area contributed by atoms with Crippen LogP contribution in [0.15, 0.2) is 48.5 Å². The molecule has 4 rings (SSSR count). The van der Waals surface area contributed by atoms with E-state index in [9.17, 15) is 19.5 Å². The van der Waals surface area contributed by atoms with E-state index >= 15 is 0 Å². The number of amides is 2. The number of aliphatic carboxylic acids is 1. The van der Waals surface area contributed by atoms with Gasteiger partial charge >= 0.3 is 12.1 Å². The van der Waals surface area contributed by atoms with Gasteiger partial charge in [-0.3, -0.25) is 9.59 Å². The van der Waals surface area contributed by atoms with Gasteiger partial charge in [0.1, 0.15) is 6.61 Å². The number of carboxylic acid groups (broad SMARTS) is 1. The predicted molar refractivity (Wildman–Crippen MR) is 128 cm³/mol. The largest absolute Gasteiger partial charge is 0.481 e. The quantitative estimate of drug-likeness (QED) is 0.638. The van der Waals surface area contributed by atoms with E-state index in [2.05, 4.69) is 29.6 Å². The molecular weight excluding hydrogens is 432 g/mol. The van der Waals surface area contributed by atoms with Crippen molar-refractivity contribution in [3.63, 3.8) is 0 Å². The molecule has 0 saturated carbocycles. The first-order valence-electron chi connectivity index (χ1n) is 11.9. The molecule has 1 fully saturated rings. The molecule has 1 saturated heterocycles. The number of alkyl carbamates (subject to hydrolysis) is 1. The zero-order valence-electron chi connectivity index (χ0n) is 19.9. The first kappa shape index (κ1) is 23.8. The van der Waals surface area contributed by atoms with Crippen molar-refractivity contribution in [3.8, 4) is 11.1 Å². The second-order valence-electron chi connectivity index (χ2n) is 9.76. The molecule has 7 heteroatoms. The molecule has 1 aliphatic carbocycles. The molecule has 2 aliphatic rings. The molecule has 180 valence electrons. The standard InChI is InChI=1S/C27H32N2O5/c1-17(2)27(25(31)32)12-13-29(16-27)24(30)14-18(3)28-26(33)34-15-23-21-10-6-4-8-19(21)20-9-5-7-11-22(20)23/h4-11,17-18,23H,12-16H2,1-3H3,(H,28,33)(H,31,32)/t18-,27?/m0/s1. The average Bonchev–Trinajstić information content (AvgIpc) is 3.39. The van der Waals surface area contributed by atoms with Crippen LogP contribution < -0.4 is 5.32 Å². The van der Waals surface area contributed by atoms with Crippen molar-refractivity contribution in [1.82, 2.24) is 10.2 Å². The minimum atomic E-state index is -0.904. The maximum Gasteiger partial charge on any atom is 0.407 e. The Morgan fingerprint density at radius 3 is 2.18 bits per heavy atom. The molecule has 1 unspecified atom stereocenters. The van der Waals surface area contributed by atoms with Gasteiger partial charge in [0.05, 0.1) is 5.41 Å². The van der Waals surface area contributed by atoms with Gasteiger partial charge in [0.2, 0.25) is 5.91 Å². The molecule has 2 amide bonds. The van der Waals surface area contributed by atoms with Gasteiger partial charge in [0, 0.05) is 31.5 Å². The van der Waals surface area contributed by atoms with Gasteiger partial charge in [-0.05, 0) is 41.5 Å². The van der Waals surface area contributed by atoms with E-state index in [4.69, 9.17) is 4.74 Å². The Bertz CT molecular complexity index is 1050. The molecule has 0 aromatic heterocycles. The Morgan fingerprint density at radius 2 is 1.65 bits per heavy atom. The van der Waals surface area contributed by atoms with Gasteiger partial charge < -0.3 is 20.1 Å². The fourth-order valence-corrected chi connectivity index (χ4v) is 5.22. The van der Waals surface area contributed by atoms with E-state index in [1.165, 1.54) is 0 Å². The van der Waals surface area contributed by atoms with E-state index in [-0.39, 0.29) is 37.3 Å². The topological polar surface area (TPSA) is 95.9 Å². The van der Waals surface area contributed by atoms with Crippen molar-refractivity contribution < 1.29 is 24.2 Å². The number of carbonyl (C=O) groups excluding carboxylic acids is 2. The number of hydrogen-bond donors (Lipinski definition) is 2. The number of fused-ring (bicyclic) bond motifs is 3. The molecule has 1 aliphatic heterocycles. The summed E-state index contributed by atoms with van der Waals surface area (Å²) >= 11 is 0. The average molecular weight is 465 g/mol. The SMILES string of the molecule is CC(C)C1(C(=O)O)CCN(C(=O)C[C@H](C)NC(=O)OCC2c3ccccc3-c3ccccc32)C1. The summed E-state index contributed by atoms with van der Waals surface area (Å²) in [6, 6.07) is 15.8. The Hall–Kier alpha value is -3.35. The van der Waals surface area contributed by atoms with Gasteiger partial charge in [-0.2, -0.15) is 0 Å². The lowest BCUT2D eigenvalue weighted by Crippen LogP contribution is -2.42. The van der Waals surface area contributed by atoms with Gasteiger partial charge in [0.25, 0.3) is 0 Å². The zero-order chi connectivity index (χ0) is 24.5. The summed E-state index contributed by atoms with van der Waals surface area (Å²) in [6.45, 7) is 6.34. The summed E-state index contributed by atoms with van der Waals surface area (Å²) in [6.07, 6.45) is -0.0246. The molecule has 2 N–H and O–H groups in total. The first-order valence-corrected chi connectivity index (χ1v) is 11.9. The molecule has 7 nitrogen and oxygen atoms in total. The number of likely N-dealkylation sites (tertiary alicyclic amines) is 1. The highest BCUT2D eigenvalue weighted by molar-refractivity contribution is 5.82. The highest BCUT2D eigenvalue weighted by Crippen LogP contribution is 2.44. The third-order valence-corrected chi connectivity index (χ3v) is 7.37. The number of nitrogens with zero attached hydrogens (tertiary/aromatic N) is 1. The van der Waals surface area contributed by atoms with Crippen molar-refractivity contribution in [2.45, 2.75) is 45.6 Å². The molecule has 0 bridgehead atoms. The Kier molecular flexibility index (Phi) is 6.64. The molecule has 2 aromatic rings. The van der Waals surface area contributed by atoms with Crippen LogP contribution in [0.25, 0.3) is 11.1 Å². The van der Waals surface area contributed by atoms with E-state index in [1.807, 2.05) is 38.1 Å². The minimum Gasteiger partial charge on any atom is -0.481 e. The van der Waals surface area contributed by atoms with Crippen molar-refractivity contribution >= 4 is 18.0 Å². The molecule has 2 aromatic carbocycles. The fourth-order valence-electron chi connectivity index (χ4n) is 5.22. The normalized spacial score (nSPS) is 20.1. The number of carboxylic acids is 1. The van der Waals surface area contributed by atoms with Crippen LogP contribution in [0.2, 0.25) is 0 Å². The van der Waals surface area contributed by atoms with Crippen molar-refractivity contribution in [1.29, 1.82) is 0 Å². The minimum absolute atomic E-state index is 0.0279. The Morgan fingerprint density at radius 1 is 1.06 bits per heavy atom. The maximum absolute atomic E-state index is 12.8. The second kappa shape index (κ2) is 9.49. The third kappa shape index (κ3) is 4.39. The monoisotopic (exact) mass is 464 g/mol. The van der Waals surface area contributed by atoms with E-state index in [0.717, 1.165) is 22.3 Å². The van der Waals surface area contributed by atoms with E-state index in [1.54, 1.807) is 11.8 Å². The summed E-state index contributed by atoms with van der Waals surface area (Å²) in [7, 11) is 0. The smallest absolute Gasteiger partial charge is 0.407 e. The summed E-state index contributed by atoms with van der Waals surface area (Å²) in [5.74, 6) is -1.11. The third-order valence-electron chi connectivity index (χ3n) is 7.37. The lowest BCUT2D eigenvalue weighted by Gasteiger charge is -2.29. The summed E-state index contributed by atoms with van der Waals surface area (Å²) < 4.78 is 5.56. The van der Waals surface area contributed by atoms with Crippen LogP contribution in [0.5, 0.6) is 0 Å². The van der Waals surface area contributed by atoms with Crippen LogP contribution in [-0.4, -0.2) is 53.7 Å². The highest BCUT2D eigenvalue weighted by atomic mass is 16.5. The van der Waals surface area contributed by atoms with Crippen LogP contribution >= 0.6 is 0 Å². The number of hydrogen-bond acceptors (Lipinski definition) is 4. The van der Waals surface area contributed by atoms with Crippen LogP contribution in [-0.2, 0) is 14.3 Å². The summed E-state index contributed by atoms with van der Waals surface area (Å²) in [5, 5.41) is 12.4. The number of ether oxygens (including phenoxy) is 1. The number of benzene rings is 2. The van der Waals surface area contributed by atoms with E-state index < -0.39 is 23.5 Å². The van der Waals surface area contributed by atoms with Gasteiger partial charge in [-0.15, -0.1) is 0 Å². The van der Waals surface area contributed by atoms with Crippen LogP contribution in [0.3, 0.4) is 0 Å². The van der Waals surface area contributed by atoms with Crippen LogP contribution in [0.4, 0.5) is 4.79 Å². The van der Waals surface area contributed by atoms with E-state index in [0.29, 0.717) is 13.0 Å². The number of carbonyl (C=O) groups is 3. The predicted octanol–water partition coefficient (Wildman–Crippen LogP) is 4.26. The number of nitrogens with one attached hydrogen (secondary N) is 1. The van der Waals surface area contributed by atoms with Gasteiger partial charge in [0.15, 0.2) is 0 Å². The highest BCUT2D eigenvalue weighted by Gasteiger charge is 2.48. The maximum atomic E-state index is 12.8. The summed E-state index contributed by atoms with van der Waals surface area (Å²) in [4.78, 5) is 38.7. The Labute approximate surface area is 200 Å². The molecule has 2 atom stereocenters. The second-order valence-corrected chi connectivity index (χ2v) is 9.76. The lowest BCUT2D eigenvalue weighted by molar-refractivity contribution is -0.151.